The number of nitrogens with zero attached hydrogens (tertiary/aromatic N) is 2. The van der Waals surface area contributed by atoms with Crippen molar-refractivity contribution in [3.05, 3.63) is 59.7 Å². The van der Waals surface area contributed by atoms with Gasteiger partial charge in [-0.05, 0) is 56.2 Å². The number of hydrogen-bond acceptors (Lipinski definition) is 4. The van der Waals surface area contributed by atoms with E-state index in [0.717, 1.165) is 11.1 Å². The first-order valence-electron chi connectivity index (χ1n) is 9.37. The van der Waals surface area contributed by atoms with Gasteiger partial charge in [-0.15, -0.1) is 0 Å². The van der Waals surface area contributed by atoms with Crippen LogP contribution in [0.1, 0.15) is 18.1 Å². The van der Waals surface area contributed by atoms with E-state index >= 15 is 0 Å². The van der Waals surface area contributed by atoms with Crippen molar-refractivity contribution in [3.63, 3.8) is 0 Å². The van der Waals surface area contributed by atoms with Gasteiger partial charge < -0.3 is 9.64 Å². The summed E-state index contributed by atoms with van der Waals surface area (Å²) in [6, 6.07) is 14.4. The Kier molecular flexibility index (Phi) is 6.05. The van der Waals surface area contributed by atoms with Gasteiger partial charge in [0.15, 0.2) is 6.10 Å². The third kappa shape index (κ3) is 4.36. The van der Waals surface area contributed by atoms with Gasteiger partial charge in [-0.3, -0.25) is 4.79 Å². The third-order valence-corrected chi connectivity index (χ3v) is 6.96. The number of para-hydroxylation sites is 1. The van der Waals surface area contributed by atoms with E-state index in [0.29, 0.717) is 23.7 Å². The molecule has 1 heterocycles. The summed E-state index contributed by atoms with van der Waals surface area (Å²) < 4.78 is 32.9. The predicted octanol–water partition coefficient (Wildman–Crippen LogP) is 2.60. The van der Waals surface area contributed by atoms with Crippen LogP contribution in [0.3, 0.4) is 0 Å². The Balaban J connectivity index is 1.61. The van der Waals surface area contributed by atoms with Crippen LogP contribution >= 0.6 is 0 Å². The molecule has 0 saturated carbocycles. The van der Waals surface area contributed by atoms with Crippen molar-refractivity contribution in [1.82, 2.24) is 9.21 Å². The zero-order valence-corrected chi connectivity index (χ0v) is 17.3. The van der Waals surface area contributed by atoms with E-state index < -0.39 is 16.1 Å². The summed E-state index contributed by atoms with van der Waals surface area (Å²) in [6.45, 7) is 6.83. The molecular weight excluding hydrogens is 376 g/mol. The Morgan fingerprint density at radius 3 is 2.21 bits per heavy atom. The van der Waals surface area contributed by atoms with E-state index in [2.05, 4.69) is 0 Å². The van der Waals surface area contributed by atoms with Gasteiger partial charge >= 0.3 is 0 Å². The molecule has 0 spiro atoms. The zero-order chi connectivity index (χ0) is 20.3. The molecule has 1 fully saturated rings. The van der Waals surface area contributed by atoms with Gasteiger partial charge in [0.2, 0.25) is 10.0 Å². The summed E-state index contributed by atoms with van der Waals surface area (Å²) in [4.78, 5) is 14.6. The summed E-state index contributed by atoms with van der Waals surface area (Å²) in [6.07, 6.45) is -0.620. The van der Waals surface area contributed by atoms with Crippen LogP contribution < -0.4 is 4.74 Å². The average Bonchev–Trinajstić information content (AvgIpc) is 2.70. The smallest absolute Gasteiger partial charge is 0.263 e. The molecule has 2 aromatic rings. The van der Waals surface area contributed by atoms with E-state index in [9.17, 15) is 13.2 Å². The summed E-state index contributed by atoms with van der Waals surface area (Å²) >= 11 is 0. The fourth-order valence-electron chi connectivity index (χ4n) is 3.18. The monoisotopic (exact) mass is 402 g/mol. The minimum atomic E-state index is -3.56. The van der Waals surface area contributed by atoms with Crippen LogP contribution in [0.2, 0.25) is 0 Å². The number of carbonyl (C=O) groups excluding carboxylic acids is 1. The molecule has 6 nitrogen and oxygen atoms in total. The van der Waals surface area contributed by atoms with Crippen LogP contribution in [0.25, 0.3) is 0 Å². The van der Waals surface area contributed by atoms with Gasteiger partial charge in [0.25, 0.3) is 5.91 Å². The van der Waals surface area contributed by atoms with Crippen molar-refractivity contribution in [3.8, 4) is 5.75 Å². The van der Waals surface area contributed by atoms with Crippen LogP contribution in [-0.4, -0.2) is 55.8 Å². The lowest BCUT2D eigenvalue weighted by molar-refractivity contribution is -0.139. The molecule has 0 aromatic heterocycles. The van der Waals surface area contributed by atoms with Crippen molar-refractivity contribution >= 4 is 15.9 Å². The molecule has 7 heteroatoms. The number of piperazine rings is 1. The molecular formula is C21H26N2O4S. The van der Waals surface area contributed by atoms with E-state index in [-0.39, 0.29) is 19.0 Å². The Labute approximate surface area is 166 Å². The standard InChI is InChI=1S/C21H26N2O4S/c1-16-9-10-20(15-17(16)2)28(25,26)23-13-11-22(12-14-23)21(24)18(3)27-19-7-5-4-6-8-19/h4-10,15,18H,11-14H2,1-3H3/t18-/m0/s1. The first-order chi connectivity index (χ1) is 13.3. The lowest BCUT2D eigenvalue weighted by Crippen LogP contribution is -2.53. The molecule has 150 valence electrons. The first-order valence-corrected chi connectivity index (χ1v) is 10.8. The van der Waals surface area contributed by atoms with Crippen molar-refractivity contribution in [2.24, 2.45) is 0 Å². The van der Waals surface area contributed by atoms with Gasteiger partial charge in [-0.25, -0.2) is 8.42 Å². The second-order valence-corrected chi connectivity index (χ2v) is 8.99. The molecule has 1 saturated heterocycles. The maximum absolute atomic E-state index is 12.9. The molecule has 2 aromatic carbocycles. The fourth-order valence-corrected chi connectivity index (χ4v) is 4.69. The van der Waals surface area contributed by atoms with Gasteiger partial charge in [-0.2, -0.15) is 4.31 Å². The summed E-state index contributed by atoms with van der Waals surface area (Å²) in [5.41, 5.74) is 2.00. The minimum absolute atomic E-state index is 0.132. The molecule has 0 unspecified atom stereocenters. The van der Waals surface area contributed by atoms with Crippen LogP contribution in [0.5, 0.6) is 5.75 Å². The molecule has 0 radical (unpaired) electrons. The maximum atomic E-state index is 12.9. The van der Waals surface area contributed by atoms with Gasteiger partial charge in [0.05, 0.1) is 4.90 Å². The minimum Gasteiger partial charge on any atom is -0.481 e. The summed E-state index contributed by atoms with van der Waals surface area (Å²) in [5.74, 6) is 0.506. The number of rotatable bonds is 5. The highest BCUT2D eigenvalue weighted by molar-refractivity contribution is 7.89. The number of ether oxygens (including phenoxy) is 1. The normalized spacial score (nSPS) is 16.6. The molecule has 1 aliphatic heterocycles. The van der Waals surface area contributed by atoms with E-state index in [4.69, 9.17) is 4.74 Å². The second kappa shape index (κ2) is 8.32. The molecule has 1 atom stereocenters. The Morgan fingerprint density at radius 2 is 1.61 bits per heavy atom. The number of amides is 1. The van der Waals surface area contributed by atoms with E-state index in [1.165, 1.54) is 4.31 Å². The highest BCUT2D eigenvalue weighted by Crippen LogP contribution is 2.21. The lowest BCUT2D eigenvalue weighted by atomic mass is 10.1. The highest BCUT2D eigenvalue weighted by Gasteiger charge is 2.32. The topological polar surface area (TPSA) is 66.9 Å². The Morgan fingerprint density at radius 1 is 0.964 bits per heavy atom. The Bertz CT molecular complexity index is 936. The van der Waals surface area contributed by atoms with Gasteiger partial charge in [0, 0.05) is 26.2 Å². The van der Waals surface area contributed by atoms with E-state index in [1.54, 1.807) is 36.1 Å². The lowest BCUT2D eigenvalue weighted by Gasteiger charge is -2.35. The van der Waals surface area contributed by atoms with Crippen LogP contribution in [0.15, 0.2) is 53.4 Å². The number of hydrogen-bond donors (Lipinski definition) is 0. The third-order valence-electron chi connectivity index (χ3n) is 5.07. The van der Waals surface area contributed by atoms with Crippen molar-refractivity contribution < 1.29 is 17.9 Å². The molecule has 1 amide bonds. The summed E-state index contributed by atoms with van der Waals surface area (Å²) in [7, 11) is -3.56. The zero-order valence-electron chi connectivity index (χ0n) is 16.5. The molecule has 0 bridgehead atoms. The summed E-state index contributed by atoms with van der Waals surface area (Å²) in [5, 5.41) is 0. The molecule has 0 aliphatic carbocycles. The second-order valence-electron chi connectivity index (χ2n) is 7.05. The quantitative estimate of drug-likeness (QED) is 0.771. The number of aryl methyl sites for hydroxylation is 2. The van der Waals surface area contributed by atoms with Crippen LogP contribution in [-0.2, 0) is 14.8 Å². The predicted molar refractivity (Wildman–Crippen MR) is 108 cm³/mol. The maximum Gasteiger partial charge on any atom is 0.263 e. The SMILES string of the molecule is Cc1ccc(S(=O)(=O)N2CCN(C(=O)[C@H](C)Oc3ccccc3)CC2)cc1C. The van der Waals surface area contributed by atoms with Crippen molar-refractivity contribution in [2.75, 3.05) is 26.2 Å². The number of benzene rings is 2. The molecule has 1 aliphatic rings. The van der Waals surface area contributed by atoms with E-state index in [1.807, 2.05) is 38.1 Å². The molecule has 3 rings (SSSR count). The first kappa shape index (κ1) is 20.4. The number of sulfonamides is 1. The van der Waals surface area contributed by atoms with Gasteiger partial charge in [0.1, 0.15) is 5.75 Å². The highest BCUT2D eigenvalue weighted by atomic mass is 32.2. The molecule has 0 N–H and O–H groups in total. The van der Waals surface area contributed by atoms with Crippen LogP contribution in [0, 0.1) is 13.8 Å². The Hall–Kier alpha value is -2.38. The fraction of sp³-hybridized carbons (Fsp3) is 0.381. The van der Waals surface area contributed by atoms with Crippen LogP contribution in [0.4, 0.5) is 0 Å². The largest absolute Gasteiger partial charge is 0.481 e. The van der Waals surface area contributed by atoms with Crippen molar-refractivity contribution in [2.45, 2.75) is 31.8 Å². The van der Waals surface area contributed by atoms with Crippen molar-refractivity contribution in [1.29, 1.82) is 0 Å². The average molecular weight is 403 g/mol. The molecule has 28 heavy (non-hydrogen) atoms. The number of carbonyl (C=O) groups is 1. The van der Waals surface area contributed by atoms with Gasteiger partial charge in [-0.1, -0.05) is 24.3 Å².